The minimum atomic E-state index is 0.288. The number of nitrogens with zero attached hydrogens (tertiary/aromatic N) is 6. The molecule has 3 heterocycles. The monoisotopic (exact) mass is 350 g/mol. The van der Waals surface area contributed by atoms with E-state index in [1.54, 1.807) is 0 Å². The van der Waals surface area contributed by atoms with Gasteiger partial charge in [0.2, 0.25) is 0 Å². The number of piperidine rings is 1. The van der Waals surface area contributed by atoms with Gasteiger partial charge < -0.3 is 0 Å². The largest absolute Gasteiger partial charge is 0.289 e. The van der Waals surface area contributed by atoms with Crippen molar-refractivity contribution in [2.45, 2.75) is 52.2 Å². The summed E-state index contributed by atoms with van der Waals surface area (Å²) < 4.78 is 4.20. The van der Waals surface area contributed by atoms with Gasteiger partial charge in [0.25, 0.3) is 0 Å². The fourth-order valence-electron chi connectivity index (χ4n) is 3.91. The predicted octanol–water partition coefficient (Wildman–Crippen LogP) is 3.52. The van der Waals surface area contributed by atoms with E-state index in [9.17, 15) is 0 Å². The smallest absolute Gasteiger partial charge is 0.154 e. The number of hydrogen-bond donors (Lipinski definition) is 0. The van der Waals surface area contributed by atoms with Crippen LogP contribution in [0.4, 0.5) is 0 Å². The number of rotatable bonds is 5. The third-order valence-corrected chi connectivity index (χ3v) is 5.40. The first-order chi connectivity index (χ1) is 12.8. The first-order valence-electron chi connectivity index (χ1n) is 9.48. The third kappa shape index (κ3) is 3.17. The van der Waals surface area contributed by atoms with Gasteiger partial charge in [-0.25, -0.2) is 0 Å². The summed E-state index contributed by atoms with van der Waals surface area (Å²) in [5.74, 6) is 1.04. The van der Waals surface area contributed by atoms with E-state index < -0.39 is 0 Å². The van der Waals surface area contributed by atoms with Crippen molar-refractivity contribution < 1.29 is 0 Å². The molecule has 0 N–H and O–H groups in total. The van der Waals surface area contributed by atoms with Gasteiger partial charge in [-0.2, -0.15) is 5.10 Å². The molecule has 6 heteroatoms. The van der Waals surface area contributed by atoms with E-state index in [4.69, 9.17) is 0 Å². The maximum atomic E-state index is 4.51. The molecule has 3 aromatic rings. The fourth-order valence-corrected chi connectivity index (χ4v) is 3.91. The van der Waals surface area contributed by atoms with Crippen molar-refractivity contribution in [1.29, 1.82) is 0 Å². The van der Waals surface area contributed by atoms with Crippen LogP contribution < -0.4 is 0 Å². The Morgan fingerprint density at radius 3 is 2.77 bits per heavy atom. The summed E-state index contributed by atoms with van der Waals surface area (Å²) in [6.07, 6.45) is 7.43. The van der Waals surface area contributed by atoms with Crippen molar-refractivity contribution in [3.05, 3.63) is 59.9 Å². The van der Waals surface area contributed by atoms with Crippen molar-refractivity contribution in [1.82, 2.24) is 29.4 Å². The number of likely N-dealkylation sites (tertiary alicyclic amines) is 1. The molecule has 1 aliphatic rings. The molecule has 0 amide bonds. The number of aromatic nitrogens is 5. The first-order valence-corrected chi connectivity index (χ1v) is 9.48. The van der Waals surface area contributed by atoms with Gasteiger partial charge in [0.1, 0.15) is 6.33 Å². The van der Waals surface area contributed by atoms with Gasteiger partial charge in [0, 0.05) is 30.0 Å². The summed E-state index contributed by atoms with van der Waals surface area (Å²) in [7, 11) is 0. The molecule has 1 atom stereocenters. The molecule has 2 aromatic heterocycles. The topological polar surface area (TPSA) is 51.8 Å². The van der Waals surface area contributed by atoms with Crippen LogP contribution in [0, 0.1) is 6.92 Å². The lowest BCUT2D eigenvalue weighted by Crippen LogP contribution is -2.34. The highest BCUT2D eigenvalue weighted by Gasteiger charge is 2.29. The molecule has 136 valence electrons. The molecular weight excluding hydrogens is 324 g/mol. The Kier molecular flexibility index (Phi) is 4.84. The Balaban J connectivity index is 1.62. The van der Waals surface area contributed by atoms with Gasteiger partial charge in [0.05, 0.1) is 12.2 Å². The van der Waals surface area contributed by atoms with Gasteiger partial charge in [-0.15, -0.1) is 10.2 Å². The molecule has 26 heavy (non-hydrogen) atoms. The molecular formula is C20H26N6. The Hall–Kier alpha value is -2.47. The van der Waals surface area contributed by atoms with E-state index in [1.807, 2.05) is 18.6 Å². The van der Waals surface area contributed by atoms with E-state index >= 15 is 0 Å². The molecule has 1 aliphatic heterocycles. The summed E-state index contributed by atoms with van der Waals surface area (Å²) in [4.78, 5) is 2.54. The summed E-state index contributed by atoms with van der Waals surface area (Å²) in [6.45, 7) is 7.21. The molecule has 0 radical (unpaired) electrons. The zero-order valence-corrected chi connectivity index (χ0v) is 15.5. The maximum Gasteiger partial charge on any atom is 0.154 e. The van der Waals surface area contributed by atoms with Crippen LogP contribution in [0.25, 0.3) is 5.69 Å². The lowest BCUT2D eigenvalue weighted by molar-refractivity contribution is 0.132. The second-order valence-electron chi connectivity index (χ2n) is 6.95. The number of hydrogen-bond acceptors (Lipinski definition) is 4. The lowest BCUT2D eigenvalue weighted by atomic mass is 10.0. The Labute approximate surface area is 154 Å². The predicted molar refractivity (Wildman–Crippen MR) is 101 cm³/mol. The molecule has 6 nitrogen and oxygen atoms in total. The molecule has 0 bridgehead atoms. The van der Waals surface area contributed by atoms with Gasteiger partial charge in [-0.05, 0) is 45.4 Å². The normalized spacial score (nSPS) is 18.3. The lowest BCUT2D eigenvalue weighted by Gasteiger charge is -2.35. The highest BCUT2D eigenvalue weighted by molar-refractivity contribution is 5.32. The standard InChI is InChI=1S/C20H26N6/c1-3-26-16(2)17(13-22-26)14-24-12-8-7-11-19(24)20-23-21-15-25(20)18-9-5-4-6-10-18/h4-6,9-10,13,15,19H,3,7-8,11-12,14H2,1-2H3. The molecule has 1 fully saturated rings. The van der Waals surface area contributed by atoms with Gasteiger partial charge in [-0.1, -0.05) is 24.6 Å². The van der Waals surface area contributed by atoms with Crippen molar-refractivity contribution in [3.8, 4) is 5.69 Å². The molecule has 0 spiro atoms. The van der Waals surface area contributed by atoms with E-state index in [0.29, 0.717) is 0 Å². The van der Waals surface area contributed by atoms with Crippen molar-refractivity contribution >= 4 is 0 Å². The zero-order chi connectivity index (χ0) is 17.9. The molecule has 4 rings (SSSR count). The average molecular weight is 350 g/mol. The Morgan fingerprint density at radius 1 is 1.15 bits per heavy atom. The van der Waals surface area contributed by atoms with E-state index in [0.717, 1.165) is 37.6 Å². The van der Waals surface area contributed by atoms with Gasteiger partial charge >= 0.3 is 0 Å². The molecule has 1 unspecified atom stereocenters. The molecule has 0 saturated carbocycles. The average Bonchev–Trinajstić information content (AvgIpc) is 3.30. The van der Waals surface area contributed by atoms with E-state index in [1.165, 1.54) is 24.1 Å². The van der Waals surface area contributed by atoms with Crippen molar-refractivity contribution in [3.63, 3.8) is 0 Å². The number of para-hydroxylation sites is 1. The maximum absolute atomic E-state index is 4.51. The van der Waals surface area contributed by atoms with Crippen LogP contribution in [-0.2, 0) is 13.1 Å². The minimum absolute atomic E-state index is 0.288. The highest BCUT2D eigenvalue weighted by atomic mass is 15.3. The van der Waals surface area contributed by atoms with Crippen LogP contribution in [-0.4, -0.2) is 36.0 Å². The van der Waals surface area contributed by atoms with Gasteiger partial charge in [-0.3, -0.25) is 14.1 Å². The van der Waals surface area contributed by atoms with Crippen LogP contribution in [0.2, 0.25) is 0 Å². The van der Waals surface area contributed by atoms with Crippen LogP contribution in [0.5, 0.6) is 0 Å². The summed E-state index contributed by atoms with van der Waals surface area (Å²) in [5, 5.41) is 13.2. The van der Waals surface area contributed by atoms with E-state index in [2.05, 4.69) is 67.6 Å². The number of aryl methyl sites for hydroxylation is 1. The molecule has 1 aromatic carbocycles. The van der Waals surface area contributed by atoms with Gasteiger partial charge in [0.15, 0.2) is 5.82 Å². The Bertz CT molecular complexity index is 850. The fraction of sp³-hybridized carbons (Fsp3) is 0.450. The third-order valence-electron chi connectivity index (χ3n) is 5.40. The van der Waals surface area contributed by atoms with Crippen molar-refractivity contribution in [2.24, 2.45) is 0 Å². The SMILES string of the molecule is CCn1ncc(CN2CCCCC2c2nncn2-c2ccccc2)c1C. The number of benzene rings is 1. The minimum Gasteiger partial charge on any atom is -0.289 e. The van der Waals surface area contributed by atoms with Crippen LogP contribution in [0.1, 0.15) is 49.3 Å². The summed E-state index contributed by atoms with van der Waals surface area (Å²) in [6, 6.07) is 10.6. The second-order valence-corrected chi connectivity index (χ2v) is 6.95. The Morgan fingerprint density at radius 2 is 2.00 bits per heavy atom. The van der Waals surface area contributed by atoms with Crippen LogP contribution >= 0.6 is 0 Å². The molecule has 1 saturated heterocycles. The second kappa shape index (κ2) is 7.41. The zero-order valence-electron chi connectivity index (χ0n) is 15.5. The van der Waals surface area contributed by atoms with E-state index in [-0.39, 0.29) is 6.04 Å². The highest BCUT2D eigenvalue weighted by Crippen LogP contribution is 2.32. The molecule has 0 aliphatic carbocycles. The quantitative estimate of drug-likeness (QED) is 0.706. The summed E-state index contributed by atoms with van der Waals surface area (Å²) >= 11 is 0. The summed E-state index contributed by atoms with van der Waals surface area (Å²) in [5.41, 5.74) is 3.69. The van der Waals surface area contributed by atoms with Crippen LogP contribution in [0.15, 0.2) is 42.9 Å². The van der Waals surface area contributed by atoms with Crippen molar-refractivity contribution in [2.75, 3.05) is 6.54 Å². The first kappa shape index (κ1) is 17.0. The van der Waals surface area contributed by atoms with Crippen LogP contribution in [0.3, 0.4) is 0 Å².